The lowest BCUT2D eigenvalue weighted by Gasteiger charge is -2.20. The summed E-state index contributed by atoms with van der Waals surface area (Å²) < 4.78 is 0. The Morgan fingerprint density at radius 2 is 2.25 bits per heavy atom. The lowest BCUT2D eigenvalue weighted by molar-refractivity contribution is 0.198. The van der Waals surface area contributed by atoms with Gasteiger partial charge in [0.25, 0.3) is 0 Å². The molecule has 1 unspecified atom stereocenters. The highest BCUT2D eigenvalue weighted by Gasteiger charge is 2.22. The van der Waals surface area contributed by atoms with Crippen LogP contribution in [0.15, 0.2) is 18.2 Å². The predicted octanol–water partition coefficient (Wildman–Crippen LogP) is 1.96. The first-order valence-corrected chi connectivity index (χ1v) is 5.86. The zero-order valence-corrected chi connectivity index (χ0v) is 9.98. The minimum absolute atomic E-state index is 0.257. The fourth-order valence-corrected chi connectivity index (χ4v) is 2.31. The van der Waals surface area contributed by atoms with E-state index in [1.54, 1.807) is 13.0 Å². The second-order valence-electron chi connectivity index (χ2n) is 4.28. The number of halogens is 1. The summed E-state index contributed by atoms with van der Waals surface area (Å²) in [4.78, 5) is 2.07. The number of nitrogens with zero attached hydrogens (tertiary/aromatic N) is 1. The molecule has 0 bridgehead atoms. The van der Waals surface area contributed by atoms with E-state index in [0.29, 0.717) is 11.6 Å². The largest absolute Gasteiger partial charge is 0.391 e. The number of anilines is 1. The van der Waals surface area contributed by atoms with Crippen molar-refractivity contribution in [1.29, 1.82) is 0 Å². The summed E-state index contributed by atoms with van der Waals surface area (Å²) in [5.41, 5.74) is 1.75. The SMILES string of the molecule is C[C@H](O)c1ccc(N2CCC(O)C2)c(Cl)c1. The second kappa shape index (κ2) is 4.62. The van der Waals surface area contributed by atoms with Gasteiger partial charge in [-0.25, -0.2) is 0 Å². The molecule has 16 heavy (non-hydrogen) atoms. The van der Waals surface area contributed by atoms with Crippen molar-refractivity contribution in [2.45, 2.75) is 25.6 Å². The molecule has 1 aliphatic heterocycles. The molecule has 88 valence electrons. The highest BCUT2D eigenvalue weighted by Crippen LogP contribution is 2.31. The van der Waals surface area contributed by atoms with Gasteiger partial charge < -0.3 is 15.1 Å². The second-order valence-corrected chi connectivity index (χ2v) is 4.68. The van der Waals surface area contributed by atoms with Crippen molar-refractivity contribution in [2.75, 3.05) is 18.0 Å². The average molecular weight is 242 g/mol. The molecule has 2 rings (SSSR count). The van der Waals surface area contributed by atoms with Crippen molar-refractivity contribution in [2.24, 2.45) is 0 Å². The number of rotatable bonds is 2. The maximum atomic E-state index is 9.47. The van der Waals surface area contributed by atoms with E-state index >= 15 is 0 Å². The molecule has 0 radical (unpaired) electrons. The Morgan fingerprint density at radius 1 is 1.50 bits per heavy atom. The van der Waals surface area contributed by atoms with Crippen molar-refractivity contribution < 1.29 is 10.2 Å². The standard InChI is InChI=1S/C12H16ClNO2/c1-8(15)9-2-3-12(11(13)6-9)14-5-4-10(16)7-14/h2-3,6,8,10,15-16H,4-5,7H2,1H3/t8-,10?/m0/s1. The predicted molar refractivity (Wildman–Crippen MR) is 64.9 cm³/mol. The highest BCUT2D eigenvalue weighted by atomic mass is 35.5. The fraction of sp³-hybridized carbons (Fsp3) is 0.500. The van der Waals surface area contributed by atoms with Gasteiger partial charge in [0.15, 0.2) is 0 Å². The molecule has 4 heteroatoms. The number of benzene rings is 1. The normalized spacial score (nSPS) is 22.5. The molecule has 3 nitrogen and oxygen atoms in total. The molecule has 1 aromatic carbocycles. The van der Waals surface area contributed by atoms with E-state index in [2.05, 4.69) is 4.90 Å². The van der Waals surface area contributed by atoms with Gasteiger partial charge in [-0.1, -0.05) is 17.7 Å². The zero-order valence-electron chi connectivity index (χ0n) is 9.23. The third-order valence-corrected chi connectivity index (χ3v) is 3.26. The first-order valence-electron chi connectivity index (χ1n) is 5.48. The monoisotopic (exact) mass is 241 g/mol. The average Bonchev–Trinajstić information content (AvgIpc) is 2.64. The van der Waals surface area contributed by atoms with Crippen LogP contribution in [0.1, 0.15) is 25.0 Å². The molecular weight excluding hydrogens is 226 g/mol. The van der Waals surface area contributed by atoms with E-state index in [4.69, 9.17) is 11.6 Å². The number of hydrogen-bond acceptors (Lipinski definition) is 3. The molecule has 1 saturated heterocycles. The summed E-state index contributed by atoms with van der Waals surface area (Å²) in [7, 11) is 0. The molecular formula is C12H16ClNO2. The van der Waals surface area contributed by atoms with Crippen molar-refractivity contribution in [3.8, 4) is 0 Å². The van der Waals surface area contributed by atoms with Gasteiger partial charge in [0.1, 0.15) is 0 Å². The summed E-state index contributed by atoms with van der Waals surface area (Å²) in [6, 6.07) is 5.56. The Hall–Kier alpha value is -0.770. The number of aliphatic hydroxyl groups excluding tert-OH is 2. The van der Waals surface area contributed by atoms with E-state index in [-0.39, 0.29) is 6.10 Å². The smallest absolute Gasteiger partial charge is 0.0762 e. The molecule has 2 atom stereocenters. The maximum absolute atomic E-state index is 9.47. The van der Waals surface area contributed by atoms with Crippen molar-refractivity contribution >= 4 is 17.3 Å². The minimum atomic E-state index is -0.504. The third kappa shape index (κ3) is 2.32. The molecule has 2 N–H and O–H groups in total. The lowest BCUT2D eigenvalue weighted by Crippen LogP contribution is -2.21. The first-order chi connectivity index (χ1) is 7.58. The molecule has 1 aromatic rings. The Labute approximate surface area is 100 Å². The van der Waals surface area contributed by atoms with Crippen LogP contribution in [0.2, 0.25) is 5.02 Å². The van der Waals surface area contributed by atoms with Crippen LogP contribution in [0.25, 0.3) is 0 Å². The van der Waals surface area contributed by atoms with Gasteiger partial charge in [0.05, 0.1) is 22.9 Å². The Bertz CT molecular complexity index is 381. The number of β-amino-alcohol motifs (C(OH)–C–C–N with tert-alkyl or cyclic N) is 1. The Kier molecular flexibility index (Phi) is 3.38. The summed E-state index contributed by atoms with van der Waals surface area (Å²) in [5, 5.41) is 19.5. The molecule has 0 aromatic heterocycles. The van der Waals surface area contributed by atoms with Gasteiger partial charge in [0, 0.05) is 13.1 Å². The molecule has 1 aliphatic rings. The summed E-state index contributed by atoms with van der Waals surface area (Å²) in [5.74, 6) is 0. The fourth-order valence-electron chi connectivity index (χ4n) is 2.00. The Balaban J connectivity index is 2.22. The minimum Gasteiger partial charge on any atom is -0.391 e. The zero-order chi connectivity index (χ0) is 11.7. The molecule has 0 saturated carbocycles. The van der Waals surface area contributed by atoms with E-state index in [1.807, 2.05) is 12.1 Å². The molecule has 0 amide bonds. The maximum Gasteiger partial charge on any atom is 0.0762 e. The molecule has 1 fully saturated rings. The summed E-state index contributed by atoms with van der Waals surface area (Å²) in [6.07, 6.45) is 0.0253. The van der Waals surface area contributed by atoms with Crippen molar-refractivity contribution in [3.63, 3.8) is 0 Å². The van der Waals surface area contributed by atoms with Gasteiger partial charge in [-0.05, 0) is 31.0 Å². The summed E-state index contributed by atoms with van der Waals surface area (Å²) in [6.45, 7) is 3.17. The summed E-state index contributed by atoms with van der Waals surface area (Å²) >= 11 is 6.17. The third-order valence-electron chi connectivity index (χ3n) is 2.96. The van der Waals surface area contributed by atoms with Gasteiger partial charge in [-0.15, -0.1) is 0 Å². The molecule has 1 heterocycles. The van der Waals surface area contributed by atoms with Gasteiger partial charge in [0.2, 0.25) is 0 Å². The Morgan fingerprint density at radius 3 is 2.75 bits per heavy atom. The van der Waals surface area contributed by atoms with Gasteiger partial charge in [-0.2, -0.15) is 0 Å². The number of aliphatic hydroxyl groups is 2. The van der Waals surface area contributed by atoms with Crippen molar-refractivity contribution in [1.82, 2.24) is 0 Å². The van der Waals surface area contributed by atoms with Crippen molar-refractivity contribution in [3.05, 3.63) is 28.8 Å². The van der Waals surface area contributed by atoms with E-state index in [0.717, 1.165) is 24.2 Å². The van der Waals surface area contributed by atoms with Crippen LogP contribution < -0.4 is 4.90 Å². The first kappa shape index (κ1) is 11.7. The van der Waals surface area contributed by atoms with Crippen LogP contribution in [0.5, 0.6) is 0 Å². The van der Waals surface area contributed by atoms with E-state index in [9.17, 15) is 10.2 Å². The highest BCUT2D eigenvalue weighted by molar-refractivity contribution is 6.33. The molecule has 0 spiro atoms. The van der Waals surface area contributed by atoms with E-state index in [1.165, 1.54) is 0 Å². The van der Waals surface area contributed by atoms with Crippen LogP contribution in [0, 0.1) is 0 Å². The van der Waals surface area contributed by atoms with Crippen LogP contribution in [-0.4, -0.2) is 29.4 Å². The van der Waals surface area contributed by atoms with Crippen LogP contribution in [-0.2, 0) is 0 Å². The van der Waals surface area contributed by atoms with Crippen LogP contribution >= 0.6 is 11.6 Å². The number of hydrogen-bond donors (Lipinski definition) is 2. The molecule has 0 aliphatic carbocycles. The van der Waals surface area contributed by atoms with Gasteiger partial charge >= 0.3 is 0 Å². The van der Waals surface area contributed by atoms with Crippen LogP contribution in [0.3, 0.4) is 0 Å². The van der Waals surface area contributed by atoms with Crippen LogP contribution in [0.4, 0.5) is 5.69 Å². The van der Waals surface area contributed by atoms with E-state index < -0.39 is 6.10 Å². The topological polar surface area (TPSA) is 43.7 Å². The lowest BCUT2D eigenvalue weighted by atomic mass is 10.1. The quantitative estimate of drug-likeness (QED) is 0.832. The van der Waals surface area contributed by atoms with Gasteiger partial charge in [-0.3, -0.25) is 0 Å².